The van der Waals surface area contributed by atoms with Crippen molar-refractivity contribution in [3.8, 4) is 5.75 Å². The fraction of sp³-hybridized carbons (Fsp3) is 0.118. The Morgan fingerprint density at radius 1 is 1.08 bits per heavy atom. The Labute approximate surface area is 159 Å². The first-order chi connectivity index (χ1) is 12.0. The summed E-state index contributed by atoms with van der Waals surface area (Å²) in [7, 11) is 0. The number of amides is 2. The minimum Gasteiger partial charge on any atom is -0.484 e. The highest BCUT2D eigenvalue weighted by atomic mass is 79.9. The van der Waals surface area contributed by atoms with E-state index in [-0.39, 0.29) is 11.7 Å². The maximum atomic E-state index is 12.1. The van der Waals surface area contributed by atoms with Gasteiger partial charge in [-0.3, -0.25) is 25.8 Å². The fourth-order valence-corrected chi connectivity index (χ4v) is 2.40. The van der Waals surface area contributed by atoms with Crippen molar-refractivity contribution in [2.24, 2.45) is 0 Å². The molecule has 0 fully saturated rings. The number of carbonyl (C=O) groups is 2. The lowest BCUT2D eigenvalue weighted by molar-refractivity contribution is -0.123. The lowest BCUT2D eigenvalue weighted by Crippen LogP contribution is -2.49. The summed E-state index contributed by atoms with van der Waals surface area (Å²) in [5.74, 6) is -0.237. The van der Waals surface area contributed by atoms with Gasteiger partial charge in [0, 0.05) is 4.47 Å². The second-order valence-corrected chi connectivity index (χ2v) is 6.30. The second-order valence-electron chi connectivity index (χ2n) is 5.04. The number of hydrogen-bond acceptors (Lipinski definition) is 4. The molecule has 0 bridgehead atoms. The van der Waals surface area contributed by atoms with Crippen molar-refractivity contribution in [2.45, 2.75) is 6.92 Å². The van der Waals surface area contributed by atoms with Crippen LogP contribution in [0.25, 0.3) is 0 Å². The highest BCUT2D eigenvalue weighted by Gasteiger charge is 2.11. The number of carbonyl (C=O) groups excluding carboxylic acids is 2. The van der Waals surface area contributed by atoms with Crippen molar-refractivity contribution in [1.29, 1.82) is 0 Å². The molecule has 2 aromatic rings. The normalized spacial score (nSPS) is 9.84. The van der Waals surface area contributed by atoms with E-state index < -0.39 is 11.8 Å². The lowest BCUT2D eigenvalue weighted by atomic mass is 10.2. The van der Waals surface area contributed by atoms with Crippen LogP contribution in [-0.2, 0) is 4.79 Å². The molecule has 0 heterocycles. The van der Waals surface area contributed by atoms with E-state index >= 15 is 0 Å². The quantitative estimate of drug-likeness (QED) is 0.521. The number of ether oxygens (including phenoxy) is 1. The molecule has 0 radical (unpaired) electrons. The largest absolute Gasteiger partial charge is 0.484 e. The molecule has 2 amide bonds. The first-order valence-corrected chi connectivity index (χ1v) is 8.50. The first-order valence-electron chi connectivity index (χ1n) is 7.30. The highest BCUT2D eigenvalue weighted by molar-refractivity contribution is 9.10. The average molecular weight is 422 g/mol. The van der Waals surface area contributed by atoms with E-state index in [0.29, 0.717) is 15.8 Å². The van der Waals surface area contributed by atoms with Crippen molar-refractivity contribution < 1.29 is 14.3 Å². The fourth-order valence-electron chi connectivity index (χ4n) is 1.79. The molecule has 3 N–H and O–H groups in total. The Hall–Kier alpha value is -2.45. The Balaban J connectivity index is 1.74. The standard InChI is InChI=1S/C17H16BrN3O3S/c1-11-6-8-12(9-7-11)24-10-15(22)20-21-17(25)19-16(23)13-4-2-3-5-14(13)18/h2-9H,10H2,1H3,(H,20,22)(H2,19,21,23,25). The molecule has 0 saturated carbocycles. The molecule has 0 atom stereocenters. The zero-order valence-electron chi connectivity index (χ0n) is 13.3. The van der Waals surface area contributed by atoms with Gasteiger partial charge in [-0.1, -0.05) is 29.8 Å². The predicted octanol–water partition coefficient (Wildman–Crippen LogP) is 2.47. The molecule has 0 aliphatic heterocycles. The number of hydrogen-bond donors (Lipinski definition) is 3. The molecule has 2 aromatic carbocycles. The summed E-state index contributed by atoms with van der Waals surface area (Å²) >= 11 is 8.26. The molecule has 25 heavy (non-hydrogen) atoms. The third-order valence-electron chi connectivity index (χ3n) is 3.05. The van der Waals surface area contributed by atoms with E-state index in [1.54, 1.807) is 36.4 Å². The Morgan fingerprint density at radius 3 is 2.44 bits per heavy atom. The Kier molecular flexibility index (Phi) is 6.91. The van der Waals surface area contributed by atoms with Gasteiger partial charge in [-0.25, -0.2) is 0 Å². The van der Waals surface area contributed by atoms with Crippen molar-refractivity contribution in [2.75, 3.05) is 6.61 Å². The SMILES string of the molecule is Cc1ccc(OCC(=O)NNC(=S)NC(=O)c2ccccc2Br)cc1. The van der Waals surface area contributed by atoms with Gasteiger partial charge in [-0.2, -0.15) is 0 Å². The molecule has 0 spiro atoms. The van der Waals surface area contributed by atoms with Gasteiger partial charge in [0.1, 0.15) is 5.75 Å². The second kappa shape index (κ2) is 9.14. The molecular formula is C17H16BrN3O3S. The average Bonchev–Trinajstić information content (AvgIpc) is 2.59. The first kappa shape index (κ1) is 18.9. The van der Waals surface area contributed by atoms with Gasteiger partial charge in [-0.05, 0) is 59.3 Å². The molecule has 0 aliphatic rings. The van der Waals surface area contributed by atoms with Crippen molar-refractivity contribution in [3.05, 3.63) is 64.1 Å². The smallest absolute Gasteiger partial charge is 0.276 e. The maximum absolute atomic E-state index is 12.1. The van der Waals surface area contributed by atoms with Gasteiger partial charge >= 0.3 is 0 Å². The maximum Gasteiger partial charge on any atom is 0.276 e. The number of hydrazine groups is 1. The summed E-state index contributed by atoms with van der Waals surface area (Å²) in [6.45, 7) is 1.78. The molecule has 2 rings (SSSR count). The summed E-state index contributed by atoms with van der Waals surface area (Å²) in [5.41, 5.74) is 6.34. The van der Waals surface area contributed by atoms with Gasteiger partial charge in [0.15, 0.2) is 11.7 Å². The van der Waals surface area contributed by atoms with E-state index in [2.05, 4.69) is 32.1 Å². The van der Waals surface area contributed by atoms with Crippen LogP contribution in [0.5, 0.6) is 5.75 Å². The predicted molar refractivity (Wildman–Crippen MR) is 102 cm³/mol. The van der Waals surface area contributed by atoms with Crippen LogP contribution < -0.4 is 20.9 Å². The topological polar surface area (TPSA) is 79.5 Å². The molecule has 0 unspecified atom stereocenters. The highest BCUT2D eigenvalue weighted by Crippen LogP contribution is 2.15. The molecule has 6 nitrogen and oxygen atoms in total. The van der Waals surface area contributed by atoms with Crippen LogP contribution in [0.1, 0.15) is 15.9 Å². The van der Waals surface area contributed by atoms with Gasteiger partial charge in [0.05, 0.1) is 5.56 Å². The van der Waals surface area contributed by atoms with Gasteiger partial charge in [0.2, 0.25) is 0 Å². The van der Waals surface area contributed by atoms with Crippen LogP contribution in [0.4, 0.5) is 0 Å². The number of nitrogens with one attached hydrogen (secondary N) is 3. The van der Waals surface area contributed by atoms with Crippen LogP contribution in [-0.4, -0.2) is 23.5 Å². The minimum absolute atomic E-state index is 0.0237. The van der Waals surface area contributed by atoms with Crippen LogP contribution in [0.15, 0.2) is 53.0 Å². The molecule has 0 aromatic heterocycles. The summed E-state index contributed by atoms with van der Waals surface area (Å²) in [6.07, 6.45) is 0. The van der Waals surface area contributed by atoms with Crippen molar-refractivity contribution >= 4 is 45.1 Å². The lowest BCUT2D eigenvalue weighted by Gasteiger charge is -2.12. The summed E-state index contributed by atoms with van der Waals surface area (Å²) in [4.78, 5) is 23.8. The summed E-state index contributed by atoms with van der Waals surface area (Å²) < 4.78 is 5.98. The van der Waals surface area contributed by atoms with Gasteiger partial charge in [0.25, 0.3) is 11.8 Å². The summed E-state index contributed by atoms with van der Waals surface area (Å²) in [5, 5.41) is 2.44. The zero-order chi connectivity index (χ0) is 18.2. The number of thiocarbonyl (C=S) groups is 1. The molecular weight excluding hydrogens is 406 g/mol. The molecule has 8 heteroatoms. The van der Waals surface area contributed by atoms with Gasteiger partial charge < -0.3 is 4.74 Å². The molecule has 0 aliphatic carbocycles. The van der Waals surface area contributed by atoms with Crippen molar-refractivity contribution in [3.63, 3.8) is 0 Å². The minimum atomic E-state index is -0.432. The Bertz CT molecular complexity index is 781. The van der Waals surface area contributed by atoms with Crippen LogP contribution in [0.2, 0.25) is 0 Å². The van der Waals surface area contributed by atoms with Gasteiger partial charge in [-0.15, -0.1) is 0 Å². The number of rotatable bonds is 4. The number of aryl methyl sites for hydroxylation is 1. The van der Waals surface area contributed by atoms with Crippen LogP contribution in [0, 0.1) is 6.92 Å². The van der Waals surface area contributed by atoms with E-state index in [4.69, 9.17) is 17.0 Å². The third-order valence-corrected chi connectivity index (χ3v) is 3.95. The number of halogens is 1. The zero-order valence-corrected chi connectivity index (χ0v) is 15.7. The van der Waals surface area contributed by atoms with E-state index in [1.165, 1.54) is 0 Å². The monoisotopic (exact) mass is 421 g/mol. The summed E-state index contributed by atoms with van der Waals surface area (Å²) in [6, 6.07) is 14.3. The van der Waals surface area contributed by atoms with E-state index in [9.17, 15) is 9.59 Å². The third kappa shape index (κ3) is 6.17. The molecule has 0 saturated heterocycles. The van der Waals surface area contributed by atoms with E-state index in [1.807, 2.05) is 19.1 Å². The van der Waals surface area contributed by atoms with Crippen LogP contribution in [0.3, 0.4) is 0 Å². The van der Waals surface area contributed by atoms with Crippen molar-refractivity contribution in [1.82, 2.24) is 16.2 Å². The van der Waals surface area contributed by atoms with Crippen LogP contribution >= 0.6 is 28.1 Å². The Morgan fingerprint density at radius 2 is 1.76 bits per heavy atom. The van der Waals surface area contributed by atoms with E-state index in [0.717, 1.165) is 5.56 Å². The molecule has 130 valence electrons. The number of benzene rings is 2.